The van der Waals surface area contributed by atoms with E-state index in [1.165, 1.54) is 6.07 Å². The highest BCUT2D eigenvalue weighted by molar-refractivity contribution is 14.1. The molecule has 0 atom stereocenters. The number of nitrogens with one attached hydrogen (secondary N) is 2. The second-order valence-electron chi connectivity index (χ2n) is 4.89. The fraction of sp³-hybridized carbons (Fsp3) is 0.429. The molecule has 2 amide bonds. The first-order valence-corrected chi connectivity index (χ1v) is 7.79. The molecule has 7 heteroatoms. The molecule has 0 saturated carbocycles. The minimum Gasteiger partial charge on any atom is -0.478 e. The Labute approximate surface area is 136 Å². The Morgan fingerprint density at radius 1 is 1.33 bits per heavy atom. The summed E-state index contributed by atoms with van der Waals surface area (Å²) in [6, 6.07) is 4.49. The van der Waals surface area contributed by atoms with Crippen LogP contribution in [0.2, 0.25) is 0 Å². The first-order chi connectivity index (χ1) is 10.1. The quantitative estimate of drug-likeness (QED) is 0.674. The molecule has 21 heavy (non-hydrogen) atoms. The van der Waals surface area contributed by atoms with Crippen LogP contribution < -0.4 is 10.6 Å². The van der Waals surface area contributed by atoms with Gasteiger partial charge < -0.3 is 20.5 Å². The fourth-order valence-corrected chi connectivity index (χ4v) is 2.65. The van der Waals surface area contributed by atoms with Gasteiger partial charge in [-0.25, -0.2) is 9.59 Å². The van der Waals surface area contributed by atoms with E-state index >= 15 is 0 Å². The van der Waals surface area contributed by atoms with E-state index in [0.29, 0.717) is 18.2 Å². The van der Waals surface area contributed by atoms with Crippen molar-refractivity contribution >= 4 is 40.3 Å². The van der Waals surface area contributed by atoms with Crippen molar-refractivity contribution < 1.29 is 19.4 Å². The predicted octanol–water partition coefficient (Wildman–Crippen LogP) is 2.54. The molecule has 3 N–H and O–H groups in total. The number of urea groups is 1. The summed E-state index contributed by atoms with van der Waals surface area (Å²) in [6.45, 7) is 2.03. The number of carbonyl (C=O) groups excluding carboxylic acids is 1. The zero-order valence-electron chi connectivity index (χ0n) is 11.4. The van der Waals surface area contributed by atoms with Gasteiger partial charge in [-0.1, -0.05) is 0 Å². The highest BCUT2D eigenvalue weighted by atomic mass is 127. The topological polar surface area (TPSA) is 87.7 Å². The number of carbonyl (C=O) groups is 2. The molecular weight excluding hydrogens is 387 g/mol. The van der Waals surface area contributed by atoms with Gasteiger partial charge in [-0.2, -0.15) is 0 Å². The molecule has 6 nitrogen and oxygen atoms in total. The molecule has 0 spiro atoms. The number of hydrogen-bond acceptors (Lipinski definition) is 3. The second kappa shape index (κ2) is 7.60. The van der Waals surface area contributed by atoms with Gasteiger partial charge in [0.25, 0.3) is 0 Å². The van der Waals surface area contributed by atoms with Gasteiger partial charge in [-0.05, 0) is 59.5 Å². The van der Waals surface area contributed by atoms with Crippen molar-refractivity contribution in [1.82, 2.24) is 5.32 Å². The molecule has 0 radical (unpaired) electrons. The molecule has 1 heterocycles. The molecule has 0 aromatic heterocycles. The van der Waals surface area contributed by atoms with Gasteiger partial charge in [0, 0.05) is 23.3 Å². The Morgan fingerprint density at radius 2 is 2.05 bits per heavy atom. The summed E-state index contributed by atoms with van der Waals surface area (Å²) in [5, 5.41) is 14.5. The number of anilines is 1. The summed E-state index contributed by atoms with van der Waals surface area (Å²) in [6.07, 6.45) is 1.87. The Kier molecular flexibility index (Phi) is 5.80. The zero-order chi connectivity index (χ0) is 15.2. The second-order valence-corrected chi connectivity index (χ2v) is 6.13. The van der Waals surface area contributed by atoms with E-state index in [1.807, 2.05) is 22.6 Å². The molecule has 1 aliphatic rings. The molecule has 1 fully saturated rings. The van der Waals surface area contributed by atoms with E-state index < -0.39 is 5.97 Å². The van der Waals surface area contributed by atoms with Gasteiger partial charge in [-0.3, -0.25) is 0 Å². The molecule has 0 bridgehead atoms. The lowest BCUT2D eigenvalue weighted by atomic mass is 10.0. The molecular formula is C14H17IN2O4. The van der Waals surface area contributed by atoms with E-state index in [1.54, 1.807) is 12.1 Å². The number of carboxylic acids is 1. The number of ether oxygens (including phenoxy) is 1. The Hall–Kier alpha value is -1.35. The van der Waals surface area contributed by atoms with E-state index in [4.69, 9.17) is 9.84 Å². The summed E-state index contributed by atoms with van der Waals surface area (Å²) >= 11 is 2.03. The lowest BCUT2D eigenvalue weighted by Crippen LogP contribution is -2.35. The lowest BCUT2D eigenvalue weighted by Gasteiger charge is -2.22. The normalized spacial score (nSPS) is 15.5. The van der Waals surface area contributed by atoms with Crippen molar-refractivity contribution in [2.75, 3.05) is 25.1 Å². The first kappa shape index (κ1) is 16.0. The number of amides is 2. The van der Waals surface area contributed by atoms with Crippen LogP contribution in [0, 0.1) is 9.49 Å². The third-order valence-corrected chi connectivity index (χ3v) is 4.02. The van der Waals surface area contributed by atoms with E-state index in [9.17, 15) is 9.59 Å². The van der Waals surface area contributed by atoms with Crippen LogP contribution in [0.1, 0.15) is 23.2 Å². The number of rotatable bonds is 4. The van der Waals surface area contributed by atoms with Gasteiger partial charge in [-0.15, -0.1) is 0 Å². The summed E-state index contributed by atoms with van der Waals surface area (Å²) in [4.78, 5) is 23.0. The standard InChI is InChI=1S/C14H17IN2O4/c15-10-1-2-12(11(7-10)13(18)19)17-14(20)16-8-9-3-5-21-6-4-9/h1-2,7,9H,3-6,8H2,(H,18,19)(H2,16,17,20). The van der Waals surface area contributed by atoms with Crippen LogP contribution in [0.25, 0.3) is 0 Å². The zero-order valence-corrected chi connectivity index (χ0v) is 13.6. The van der Waals surface area contributed by atoms with E-state index in [-0.39, 0.29) is 11.6 Å². The number of aromatic carboxylic acids is 1. The molecule has 1 aromatic carbocycles. The number of hydrogen-bond donors (Lipinski definition) is 3. The summed E-state index contributed by atoms with van der Waals surface area (Å²) in [7, 11) is 0. The lowest BCUT2D eigenvalue weighted by molar-refractivity contribution is 0.0670. The number of halogens is 1. The van der Waals surface area contributed by atoms with Crippen LogP contribution in [-0.2, 0) is 4.74 Å². The van der Waals surface area contributed by atoms with Crippen molar-refractivity contribution in [2.45, 2.75) is 12.8 Å². The Morgan fingerprint density at radius 3 is 2.71 bits per heavy atom. The van der Waals surface area contributed by atoms with E-state index in [0.717, 1.165) is 29.6 Å². The Bertz CT molecular complexity index is 530. The van der Waals surface area contributed by atoms with Gasteiger partial charge in [0.1, 0.15) is 0 Å². The van der Waals surface area contributed by atoms with Gasteiger partial charge in [0.2, 0.25) is 0 Å². The molecule has 2 rings (SSSR count). The smallest absolute Gasteiger partial charge is 0.337 e. The van der Waals surface area contributed by atoms with Crippen LogP contribution in [0.5, 0.6) is 0 Å². The maximum atomic E-state index is 11.9. The average molecular weight is 404 g/mol. The van der Waals surface area contributed by atoms with Crippen LogP contribution in [0.15, 0.2) is 18.2 Å². The molecule has 114 valence electrons. The third-order valence-electron chi connectivity index (χ3n) is 3.35. The predicted molar refractivity (Wildman–Crippen MR) is 86.7 cm³/mol. The maximum Gasteiger partial charge on any atom is 0.337 e. The van der Waals surface area contributed by atoms with Gasteiger partial charge in [0.15, 0.2) is 0 Å². The van der Waals surface area contributed by atoms with Crippen molar-refractivity contribution in [3.05, 3.63) is 27.3 Å². The monoisotopic (exact) mass is 404 g/mol. The van der Waals surface area contributed by atoms with E-state index in [2.05, 4.69) is 10.6 Å². The van der Waals surface area contributed by atoms with Gasteiger partial charge >= 0.3 is 12.0 Å². The SMILES string of the molecule is O=C(NCC1CCOCC1)Nc1ccc(I)cc1C(=O)O. The third kappa shape index (κ3) is 4.85. The first-order valence-electron chi connectivity index (χ1n) is 6.71. The van der Waals surface area contributed by atoms with Crippen molar-refractivity contribution in [1.29, 1.82) is 0 Å². The highest BCUT2D eigenvalue weighted by Crippen LogP contribution is 2.19. The highest BCUT2D eigenvalue weighted by Gasteiger charge is 2.16. The average Bonchev–Trinajstić information content (AvgIpc) is 2.48. The fourth-order valence-electron chi connectivity index (χ4n) is 2.16. The van der Waals surface area contributed by atoms with Crippen LogP contribution in [0.3, 0.4) is 0 Å². The molecule has 0 aliphatic carbocycles. The van der Waals surface area contributed by atoms with Gasteiger partial charge in [0.05, 0.1) is 11.3 Å². The maximum absolute atomic E-state index is 11.9. The number of carboxylic acid groups (broad SMARTS) is 1. The van der Waals surface area contributed by atoms with Crippen molar-refractivity contribution in [3.8, 4) is 0 Å². The molecule has 1 aliphatic heterocycles. The van der Waals surface area contributed by atoms with Crippen LogP contribution >= 0.6 is 22.6 Å². The molecule has 0 unspecified atom stereocenters. The van der Waals surface area contributed by atoms with Crippen LogP contribution in [-0.4, -0.2) is 36.9 Å². The molecule has 1 aromatic rings. The summed E-state index contributed by atoms with van der Waals surface area (Å²) in [5.74, 6) is -0.645. The summed E-state index contributed by atoms with van der Waals surface area (Å²) in [5.41, 5.74) is 0.385. The largest absolute Gasteiger partial charge is 0.478 e. The summed E-state index contributed by atoms with van der Waals surface area (Å²) < 4.78 is 6.06. The minimum atomic E-state index is -1.06. The number of benzene rings is 1. The Balaban J connectivity index is 1.91. The minimum absolute atomic E-state index is 0.0862. The van der Waals surface area contributed by atoms with Crippen molar-refractivity contribution in [3.63, 3.8) is 0 Å². The van der Waals surface area contributed by atoms with Crippen LogP contribution in [0.4, 0.5) is 10.5 Å². The molecule has 1 saturated heterocycles. The van der Waals surface area contributed by atoms with Crippen molar-refractivity contribution in [2.24, 2.45) is 5.92 Å².